The topological polar surface area (TPSA) is 53.7 Å². The summed E-state index contributed by atoms with van der Waals surface area (Å²) in [5.74, 6) is 0.884. The van der Waals surface area contributed by atoms with Gasteiger partial charge in [-0.05, 0) is 18.6 Å². The van der Waals surface area contributed by atoms with Gasteiger partial charge in [0.2, 0.25) is 0 Å². The molecule has 0 radical (unpaired) electrons. The third kappa shape index (κ3) is 5.49. The number of ether oxygens (including phenoxy) is 3. The largest absolute Gasteiger partial charge is 0.493 e. The Kier molecular flexibility index (Phi) is 7.41. The average Bonchev–Trinajstić information content (AvgIpc) is 2.38. The quantitative estimate of drug-likeness (QED) is 0.683. The molecule has 0 amide bonds. The molecule has 0 saturated heterocycles. The highest BCUT2D eigenvalue weighted by molar-refractivity contribution is 5.36. The Balaban J connectivity index is 2.24. The standard InChI is InChI=1S/C14H23NO3/c1-12-4-5-13(11-15)14(10-12)18-7-3-6-17-9-8-16-2/h4-5,10H,3,6-9,11,15H2,1-2H3. The highest BCUT2D eigenvalue weighted by atomic mass is 16.5. The van der Waals surface area contributed by atoms with Crippen LogP contribution in [0.1, 0.15) is 17.5 Å². The number of rotatable bonds is 9. The van der Waals surface area contributed by atoms with Gasteiger partial charge >= 0.3 is 0 Å². The molecule has 4 nitrogen and oxygen atoms in total. The summed E-state index contributed by atoms with van der Waals surface area (Å²) in [5, 5.41) is 0. The van der Waals surface area contributed by atoms with E-state index in [0.717, 1.165) is 17.7 Å². The van der Waals surface area contributed by atoms with E-state index >= 15 is 0 Å². The van der Waals surface area contributed by atoms with Crippen LogP contribution >= 0.6 is 0 Å². The first kappa shape index (κ1) is 15.0. The van der Waals surface area contributed by atoms with Gasteiger partial charge in [-0.3, -0.25) is 0 Å². The minimum absolute atomic E-state index is 0.500. The van der Waals surface area contributed by atoms with Crippen molar-refractivity contribution in [2.24, 2.45) is 5.73 Å². The lowest BCUT2D eigenvalue weighted by atomic mass is 10.1. The molecule has 0 atom stereocenters. The number of nitrogens with two attached hydrogens (primary N) is 1. The fourth-order valence-electron chi connectivity index (χ4n) is 1.55. The molecule has 0 heterocycles. The third-order valence-electron chi connectivity index (χ3n) is 2.56. The van der Waals surface area contributed by atoms with Crippen LogP contribution in [0.3, 0.4) is 0 Å². The molecule has 0 unspecified atom stereocenters. The molecular weight excluding hydrogens is 230 g/mol. The summed E-state index contributed by atoms with van der Waals surface area (Å²) in [6.45, 7) is 5.14. The highest BCUT2D eigenvalue weighted by Gasteiger charge is 2.02. The molecule has 0 bridgehead atoms. The molecule has 0 aliphatic heterocycles. The molecule has 18 heavy (non-hydrogen) atoms. The minimum atomic E-state index is 0.500. The fourth-order valence-corrected chi connectivity index (χ4v) is 1.55. The van der Waals surface area contributed by atoms with Gasteiger partial charge in [-0.1, -0.05) is 12.1 Å². The molecule has 0 aliphatic carbocycles. The second-order valence-corrected chi connectivity index (χ2v) is 4.12. The number of benzene rings is 1. The highest BCUT2D eigenvalue weighted by Crippen LogP contribution is 2.19. The van der Waals surface area contributed by atoms with Gasteiger partial charge in [0.15, 0.2) is 0 Å². The van der Waals surface area contributed by atoms with E-state index in [0.29, 0.717) is 33.0 Å². The smallest absolute Gasteiger partial charge is 0.124 e. The lowest BCUT2D eigenvalue weighted by Crippen LogP contribution is -2.08. The molecule has 0 saturated carbocycles. The number of methoxy groups -OCH3 is 1. The zero-order chi connectivity index (χ0) is 13.2. The summed E-state index contributed by atoms with van der Waals surface area (Å²) >= 11 is 0. The van der Waals surface area contributed by atoms with Crippen LogP contribution in [0.15, 0.2) is 18.2 Å². The molecule has 0 aliphatic rings. The van der Waals surface area contributed by atoms with Gasteiger partial charge in [-0.25, -0.2) is 0 Å². The van der Waals surface area contributed by atoms with E-state index in [1.165, 1.54) is 5.56 Å². The summed E-state index contributed by atoms with van der Waals surface area (Å²) in [4.78, 5) is 0. The van der Waals surface area contributed by atoms with Crippen molar-refractivity contribution < 1.29 is 14.2 Å². The van der Waals surface area contributed by atoms with Gasteiger partial charge in [-0.2, -0.15) is 0 Å². The van der Waals surface area contributed by atoms with Crippen LogP contribution in [-0.4, -0.2) is 33.5 Å². The maximum absolute atomic E-state index is 5.72. The first-order chi connectivity index (χ1) is 8.77. The Morgan fingerprint density at radius 3 is 2.67 bits per heavy atom. The molecule has 1 aromatic carbocycles. The lowest BCUT2D eigenvalue weighted by Gasteiger charge is -2.11. The van der Waals surface area contributed by atoms with E-state index in [1.54, 1.807) is 7.11 Å². The summed E-state index contributed by atoms with van der Waals surface area (Å²) in [7, 11) is 1.67. The molecule has 4 heteroatoms. The first-order valence-corrected chi connectivity index (χ1v) is 6.27. The van der Waals surface area contributed by atoms with Gasteiger partial charge in [0.1, 0.15) is 5.75 Å². The van der Waals surface area contributed by atoms with Crippen LogP contribution in [-0.2, 0) is 16.0 Å². The number of hydrogen-bond acceptors (Lipinski definition) is 4. The van der Waals surface area contributed by atoms with Crippen LogP contribution in [0.5, 0.6) is 5.75 Å². The van der Waals surface area contributed by atoms with Crippen LogP contribution in [0.2, 0.25) is 0 Å². The molecular formula is C14H23NO3. The normalized spacial score (nSPS) is 10.6. The first-order valence-electron chi connectivity index (χ1n) is 6.27. The van der Waals surface area contributed by atoms with Crippen molar-refractivity contribution in [1.82, 2.24) is 0 Å². The Labute approximate surface area is 109 Å². The third-order valence-corrected chi connectivity index (χ3v) is 2.56. The predicted octanol–water partition coefficient (Wildman–Crippen LogP) is 1.89. The zero-order valence-electron chi connectivity index (χ0n) is 11.3. The number of aryl methyl sites for hydroxylation is 1. The van der Waals surface area contributed by atoms with Crippen LogP contribution in [0, 0.1) is 6.92 Å². The molecule has 102 valence electrons. The van der Waals surface area contributed by atoms with E-state index in [-0.39, 0.29) is 0 Å². The van der Waals surface area contributed by atoms with E-state index in [1.807, 2.05) is 25.1 Å². The van der Waals surface area contributed by atoms with E-state index in [4.69, 9.17) is 19.9 Å². The summed E-state index contributed by atoms with van der Waals surface area (Å²) in [6, 6.07) is 6.08. The summed E-state index contributed by atoms with van der Waals surface area (Å²) < 4.78 is 16.0. The van der Waals surface area contributed by atoms with Crippen molar-refractivity contribution in [2.75, 3.05) is 33.5 Å². The molecule has 0 fully saturated rings. The van der Waals surface area contributed by atoms with Crippen molar-refractivity contribution in [1.29, 1.82) is 0 Å². The Morgan fingerprint density at radius 1 is 1.11 bits per heavy atom. The van der Waals surface area contributed by atoms with E-state index < -0.39 is 0 Å². The maximum atomic E-state index is 5.72. The second kappa shape index (κ2) is 8.91. The lowest BCUT2D eigenvalue weighted by molar-refractivity contribution is 0.0644. The number of hydrogen-bond donors (Lipinski definition) is 1. The molecule has 2 N–H and O–H groups in total. The fraction of sp³-hybridized carbons (Fsp3) is 0.571. The van der Waals surface area contributed by atoms with Gasteiger partial charge in [-0.15, -0.1) is 0 Å². The molecule has 1 rings (SSSR count). The van der Waals surface area contributed by atoms with E-state index in [9.17, 15) is 0 Å². The average molecular weight is 253 g/mol. The van der Waals surface area contributed by atoms with Crippen molar-refractivity contribution in [3.63, 3.8) is 0 Å². The SMILES string of the molecule is COCCOCCCOc1cc(C)ccc1CN. The van der Waals surface area contributed by atoms with Crippen molar-refractivity contribution in [2.45, 2.75) is 19.9 Å². The van der Waals surface area contributed by atoms with Crippen molar-refractivity contribution >= 4 is 0 Å². The van der Waals surface area contributed by atoms with Gasteiger partial charge in [0.05, 0.1) is 19.8 Å². The Bertz CT molecular complexity index is 342. The van der Waals surface area contributed by atoms with Crippen molar-refractivity contribution in [3.05, 3.63) is 29.3 Å². The van der Waals surface area contributed by atoms with Crippen molar-refractivity contribution in [3.8, 4) is 5.75 Å². The zero-order valence-corrected chi connectivity index (χ0v) is 11.3. The van der Waals surface area contributed by atoms with Crippen LogP contribution in [0.25, 0.3) is 0 Å². The molecule has 0 aromatic heterocycles. The Morgan fingerprint density at radius 2 is 1.94 bits per heavy atom. The monoisotopic (exact) mass is 253 g/mol. The minimum Gasteiger partial charge on any atom is -0.493 e. The van der Waals surface area contributed by atoms with Gasteiger partial charge in [0, 0.05) is 32.2 Å². The maximum Gasteiger partial charge on any atom is 0.124 e. The van der Waals surface area contributed by atoms with E-state index in [2.05, 4.69) is 0 Å². The van der Waals surface area contributed by atoms with Gasteiger partial charge < -0.3 is 19.9 Å². The predicted molar refractivity (Wildman–Crippen MR) is 71.9 cm³/mol. The molecule has 1 aromatic rings. The van der Waals surface area contributed by atoms with Crippen LogP contribution < -0.4 is 10.5 Å². The Hall–Kier alpha value is -1.10. The van der Waals surface area contributed by atoms with Crippen LogP contribution in [0.4, 0.5) is 0 Å². The molecule has 0 spiro atoms. The van der Waals surface area contributed by atoms with Gasteiger partial charge in [0.25, 0.3) is 0 Å². The summed E-state index contributed by atoms with van der Waals surface area (Å²) in [5.41, 5.74) is 7.89. The second-order valence-electron chi connectivity index (χ2n) is 4.12. The summed E-state index contributed by atoms with van der Waals surface area (Å²) in [6.07, 6.45) is 0.863.